The van der Waals surface area contributed by atoms with Crippen molar-refractivity contribution in [3.63, 3.8) is 0 Å². The van der Waals surface area contributed by atoms with Gasteiger partial charge in [0.05, 0.1) is 6.61 Å². The predicted molar refractivity (Wildman–Crippen MR) is 105 cm³/mol. The lowest BCUT2D eigenvalue weighted by atomic mass is 10.1. The quantitative estimate of drug-likeness (QED) is 0.451. The molecule has 154 valence electrons. The first-order valence-electron chi connectivity index (χ1n) is 9.76. The summed E-state index contributed by atoms with van der Waals surface area (Å²) in [5, 5.41) is 0. The van der Waals surface area contributed by atoms with Gasteiger partial charge in [0, 0.05) is 18.9 Å². The minimum absolute atomic E-state index is 0.0487. The summed E-state index contributed by atoms with van der Waals surface area (Å²) in [5.74, 6) is -0.211. The van der Waals surface area contributed by atoms with Gasteiger partial charge in [-0.1, -0.05) is 45.2 Å². The highest BCUT2D eigenvalue weighted by atomic mass is 19.4. The van der Waals surface area contributed by atoms with Crippen LogP contribution in [0.4, 0.5) is 24.7 Å². The zero-order valence-corrected chi connectivity index (χ0v) is 16.7. The van der Waals surface area contributed by atoms with Gasteiger partial charge in [-0.15, -0.1) is 0 Å². The average molecular weight is 395 g/mol. The van der Waals surface area contributed by atoms with E-state index < -0.39 is 11.7 Å². The van der Waals surface area contributed by atoms with Gasteiger partial charge in [-0.05, 0) is 37.0 Å². The standard InChI is InChI=1S/C21H28F3N3O/c1-4-6-7-8-10-16-11-9-12-17(14-16)27(3)19-18(21(22,23)24)15-25-20(26-19)28-13-5-2/h9,11-12,14-15H,4-8,10,13H2,1-3H3. The molecule has 2 rings (SSSR count). The number of unbranched alkanes of at least 4 members (excludes halogenated alkanes) is 3. The van der Waals surface area contributed by atoms with Crippen molar-refractivity contribution in [2.75, 3.05) is 18.6 Å². The zero-order valence-electron chi connectivity index (χ0n) is 16.7. The normalized spacial score (nSPS) is 11.5. The summed E-state index contributed by atoms with van der Waals surface area (Å²) in [5.41, 5.74) is 0.872. The molecule has 0 bridgehead atoms. The number of anilines is 2. The summed E-state index contributed by atoms with van der Waals surface area (Å²) in [6, 6.07) is 7.52. The molecular weight excluding hydrogens is 367 g/mol. The highest BCUT2D eigenvalue weighted by Gasteiger charge is 2.36. The molecule has 7 heteroatoms. The largest absolute Gasteiger partial charge is 0.463 e. The second kappa shape index (κ2) is 10.3. The number of halogens is 3. The monoisotopic (exact) mass is 395 g/mol. The number of aromatic nitrogens is 2. The van der Waals surface area contributed by atoms with Crippen molar-refractivity contribution < 1.29 is 17.9 Å². The predicted octanol–water partition coefficient (Wildman–Crippen LogP) is 6.17. The van der Waals surface area contributed by atoms with E-state index in [1.54, 1.807) is 13.1 Å². The van der Waals surface area contributed by atoms with E-state index in [-0.39, 0.29) is 11.8 Å². The molecule has 1 aromatic carbocycles. The molecule has 2 aromatic rings. The van der Waals surface area contributed by atoms with Crippen LogP contribution in [0, 0.1) is 0 Å². The Kier molecular flexibility index (Phi) is 8.08. The third kappa shape index (κ3) is 6.11. The van der Waals surface area contributed by atoms with E-state index in [0.717, 1.165) is 37.4 Å². The first-order chi connectivity index (χ1) is 13.4. The average Bonchev–Trinajstić information content (AvgIpc) is 2.68. The molecule has 0 atom stereocenters. The molecule has 0 unspecified atom stereocenters. The van der Waals surface area contributed by atoms with E-state index in [2.05, 4.69) is 16.9 Å². The summed E-state index contributed by atoms with van der Waals surface area (Å²) in [6.45, 7) is 4.42. The summed E-state index contributed by atoms with van der Waals surface area (Å²) in [4.78, 5) is 9.20. The minimum atomic E-state index is -4.55. The van der Waals surface area contributed by atoms with Gasteiger partial charge in [-0.3, -0.25) is 0 Å². The van der Waals surface area contributed by atoms with Crippen LogP contribution >= 0.6 is 0 Å². The lowest BCUT2D eigenvalue weighted by molar-refractivity contribution is -0.137. The SMILES string of the molecule is CCCCCCc1cccc(N(C)c2nc(OCCC)ncc2C(F)(F)F)c1. The molecule has 0 aliphatic rings. The van der Waals surface area contributed by atoms with Crippen LogP contribution in [-0.2, 0) is 12.6 Å². The van der Waals surface area contributed by atoms with Crippen LogP contribution in [0.3, 0.4) is 0 Å². The second-order valence-electron chi connectivity index (χ2n) is 6.78. The van der Waals surface area contributed by atoms with Crippen molar-refractivity contribution in [3.8, 4) is 6.01 Å². The molecule has 0 spiro atoms. The van der Waals surface area contributed by atoms with E-state index in [0.29, 0.717) is 12.3 Å². The number of ether oxygens (including phenoxy) is 1. The summed E-state index contributed by atoms with van der Waals surface area (Å²) < 4.78 is 45.8. The molecule has 0 saturated heterocycles. The number of rotatable bonds is 10. The fraction of sp³-hybridized carbons (Fsp3) is 0.524. The van der Waals surface area contributed by atoms with Crippen molar-refractivity contribution in [1.29, 1.82) is 0 Å². The van der Waals surface area contributed by atoms with Crippen LogP contribution in [0.1, 0.15) is 57.1 Å². The van der Waals surface area contributed by atoms with Crippen LogP contribution in [0.2, 0.25) is 0 Å². The topological polar surface area (TPSA) is 38.2 Å². The summed E-state index contributed by atoms with van der Waals surface area (Å²) in [7, 11) is 1.58. The lowest BCUT2D eigenvalue weighted by Crippen LogP contribution is -2.19. The van der Waals surface area contributed by atoms with E-state index in [9.17, 15) is 13.2 Å². The molecule has 4 nitrogen and oxygen atoms in total. The van der Waals surface area contributed by atoms with Gasteiger partial charge in [0.25, 0.3) is 0 Å². The number of hydrogen-bond donors (Lipinski definition) is 0. The third-order valence-corrected chi connectivity index (χ3v) is 4.42. The van der Waals surface area contributed by atoms with Gasteiger partial charge in [0.15, 0.2) is 5.82 Å². The van der Waals surface area contributed by atoms with E-state index in [4.69, 9.17) is 4.74 Å². The lowest BCUT2D eigenvalue weighted by Gasteiger charge is -2.23. The fourth-order valence-corrected chi connectivity index (χ4v) is 2.87. The third-order valence-electron chi connectivity index (χ3n) is 4.42. The van der Waals surface area contributed by atoms with Crippen molar-refractivity contribution in [2.24, 2.45) is 0 Å². The van der Waals surface area contributed by atoms with Crippen molar-refractivity contribution in [3.05, 3.63) is 41.6 Å². The number of alkyl halides is 3. The van der Waals surface area contributed by atoms with Crippen LogP contribution in [0.15, 0.2) is 30.5 Å². The molecule has 28 heavy (non-hydrogen) atoms. The van der Waals surface area contributed by atoms with Crippen LogP contribution in [0.25, 0.3) is 0 Å². The number of hydrogen-bond acceptors (Lipinski definition) is 4. The fourth-order valence-electron chi connectivity index (χ4n) is 2.87. The van der Waals surface area contributed by atoms with Crippen LogP contribution < -0.4 is 9.64 Å². The van der Waals surface area contributed by atoms with E-state index >= 15 is 0 Å². The maximum Gasteiger partial charge on any atom is 0.421 e. The first-order valence-corrected chi connectivity index (χ1v) is 9.76. The maximum atomic E-state index is 13.5. The molecule has 0 fully saturated rings. The van der Waals surface area contributed by atoms with Crippen molar-refractivity contribution in [1.82, 2.24) is 9.97 Å². The number of nitrogens with zero attached hydrogens (tertiary/aromatic N) is 3. The smallest absolute Gasteiger partial charge is 0.421 e. The van der Waals surface area contributed by atoms with E-state index in [1.165, 1.54) is 17.7 Å². The second-order valence-corrected chi connectivity index (χ2v) is 6.78. The Morgan fingerprint density at radius 1 is 1.07 bits per heavy atom. The Balaban J connectivity index is 2.29. The Bertz CT molecular complexity index is 750. The first kappa shape index (κ1) is 22.0. The minimum Gasteiger partial charge on any atom is -0.463 e. The molecule has 1 heterocycles. The molecule has 0 amide bonds. The Morgan fingerprint density at radius 2 is 1.86 bits per heavy atom. The van der Waals surface area contributed by atoms with Crippen molar-refractivity contribution in [2.45, 2.75) is 58.5 Å². The molecule has 0 aliphatic carbocycles. The number of aryl methyl sites for hydroxylation is 1. The van der Waals surface area contributed by atoms with Gasteiger partial charge < -0.3 is 9.64 Å². The van der Waals surface area contributed by atoms with Crippen molar-refractivity contribution >= 4 is 11.5 Å². The summed E-state index contributed by atoms with van der Waals surface area (Å²) >= 11 is 0. The molecule has 0 radical (unpaired) electrons. The van der Waals surface area contributed by atoms with Gasteiger partial charge in [-0.25, -0.2) is 4.98 Å². The molecule has 0 saturated carbocycles. The Hall–Kier alpha value is -2.31. The van der Waals surface area contributed by atoms with Crippen LogP contribution in [0.5, 0.6) is 6.01 Å². The van der Waals surface area contributed by atoms with E-state index in [1.807, 2.05) is 25.1 Å². The molecule has 0 aliphatic heterocycles. The molecular formula is C21H28F3N3O. The summed E-state index contributed by atoms with van der Waals surface area (Å²) in [6.07, 6.45) is 2.44. The molecule has 1 aromatic heterocycles. The van der Waals surface area contributed by atoms with Gasteiger partial charge in [-0.2, -0.15) is 18.2 Å². The van der Waals surface area contributed by atoms with Crippen LogP contribution in [-0.4, -0.2) is 23.6 Å². The number of benzene rings is 1. The molecule has 0 N–H and O–H groups in total. The Morgan fingerprint density at radius 3 is 2.54 bits per heavy atom. The van der Waals surface area contributed by atoms with Gasteiger partial charge in [0.1, 0.15) is 5.56 Å². The highest BCUT2D eigenvalue weighted by Crippen LogP contribution is 2.37. The van der Waals surface area contributed by atoms with Gasteiger partial charge in [0.2, 0.25) is 0 Å². The highest BCUT2D eigenvalue weighted by molar-refractivity contribution is 5.63. The zero-order chi connectivity index (χ0) is 20.6. The van der Waals surface area contributed by atoms with Gasteiger partial charge >= 0.3 is 12.2 Å². The Labute approximate surface area is 164 Å². The maximum absolute atomic E-state index is 13.5.